The Labute approximate surface area is 110 Å². The third-order valence-electron chi connectivity index (χ3n) is 2.65. The number of aromatic carboxylic acids is 1. The van der Waals surface area contributed by atoms with Crippen LogP contribution < -0.4 is 11.1 Å². The van der Waals surface area contributed by atoms with Crippen molar-refractivity contribution in [2.75, 3.05) is 11.1 Å². The zero-order chi connectivity index (χ0) is 13.8. The molecule has 98 valence electrons. The molecule has 0 aliphatic carbocycles. The van der Waals surface area contributed by atoms with E-state index < -0.39 is 5.97 Å². The Morgan fingerprint density at radius 1 is 1.37 bits per heavy atom. The molecule has 6 heteroatoms. The largest absolute Gasteiger partial charge is 0.478 e. The molecule has 4 N–H and O–H groups in total. The molecule has 0 amide bonds. The second kappa shape index (κ2) is 5.34. The Balaban J connectivity index is 2.13. The maximum absolute atomic E-state index is 10.9. The maximum Gasteiger partial charge on any atom is 0.337 e. The highest BCUT2D eigenvalue weighted by atomic mass is 16.4. The highest BCUT2D eigenvalue weighted by Gasteiger charge is 2.11. The van der Waals surface area contributed by atoms with E-state index in [1.165, 1.54) is 12.3 Å². The predicted octanol–water partition coefficient (Wildman–Crippen LogP) is 1.68. The molecule has 0 aliphatic rings. The number of carbonyl (C=O) groups is 1. The molecule has 2 aromatic rings. The number of hydrogen-bond donors (Lipinski definition) is 3. The maximum atomic E-state index is 10.9. The first-order valence-corrected chi connectivity index (χ1v) is 5.71. The van der Waals surface area contributed by atoms with Crippen molar-refractivity contribution < 1.29 is 9.90 Å². The van der Waals surface area contributed by atoms with E-state index in [1.807, 2.05) is 19.1 Å². The molecular formula is C13H14N4O2. The molecule has 19 heavy (non-hydrogen) atoms. The molecule has 2 rings (SSSR count). The minimum absolute atomic E-state index is 0.0412. The molecule has 0 spiro atoms. The van der Waals surface area contributed by atoms with Crippen LogP contribution in [0.3, 0.4) is 0 Å². The number of hydrogen-bond acceptors (Lipinski definition) is 5. The van der Waals surface area contributed by atoms with Gasteiger partial charge in [-0.25, -0.2) is 9.78 Å². The highest BCUT2D eigenvalue weighted by molar-refractivity contribution is 5.96. The number of rotatable bonds is 4. The molecule has 0 radical (unpaired) electrons. The lowest BCUT2D eigenvalue weighted by molar-refractivity contribution is 0.0698. The van der Waals surface area contributed by atoms with Crippen molar-refractivity contribution in [1.82, 2.24) is 9.97 Å². The Hall–Kier alpha value is -2.63. The Bertz CT molecular complexity index is 596. The summed E-state index contributed by atoms with van der Waals surface area (Å²) in [6.45, 7) is 2.39. The van der Waals surface area contributed by atoms with Crippen LogP contribution in [0.4, 0.5) is 11.5 Å². The predicted molar refractivity (Wildman–Crippen MR) is 71.9 cm³/mol. The molecular weight excluding hydrogens is 244 g/mol. The molecule has 0 bridgehead atoms. The summed E-state index contributed by atoms with van der Waals surface area (Å²) >= 11 is 0. The fourth-order valence-electron chi connectivity index (χ4n) is 1.59. The number of nitrogens with two attached hydrogens (primary N) is 1. The summed E-state index contributed by atoms with van der Waals surface area (Å²) < 4.78 is 0. The van der Waals surface area contributed by atoms with Crippen molar-refractivity contribution >= 4 is 17.5 Å². The number of carboxylic acids is 1. The lowest BCUT2D eigenvalue weighted by atomic mass is 10.2. The van der Waals surface area contributed by atoms with Gasteiger partial charge in [0, 0.05) is 24.6 Å². The van der Waals surface area contributed by atoms with Crippen molar-refractivity contribution in [2.45, 2.75) is 13.5 Å². The minimum Gasteiger partial charge on any atom is -0.478 e. The summed E-state index contributed by atoms with van der Waals surface area (Å²) in [5, 5.41) is 12.0. The third kappa shape index (κ3) is 2.98. The molecule has 2 heterocycles. The van der Waals surface area contributed by atoms with E-state index in [1.54, 1.807) is 6.20 Å². The zero-order valence-electron chi connectivity index (χ0n) is 10.4. The number of nitrogens with zero attached hydrogens (tertiary/aromatic N) is 2. The van der Waals surface area contributed by atoms with Crippen molar-refractivity contribution in [3.05, 3.63) is 47.4 Å². The van der Waals surface area contributed by atoms with Gasteiger partial charge in [-0.3, -0.25) is 4.98 Å². The molecule has 0 fully saturated rings. The molecule has 0 atom stereocenters. The Morgan fingerprint density at radius 2 is 2.16 bits per heavy atom. The number of nitrogens with one attached hydrogen (secondary N) is 1. The summed E-state index contributed by atoms with van der Waals surface area (Å²) in [7, 11) is 0. The summed E-state index contributed by atoms with van der Waals surface area (Å²) in [4.78, 5) is 19.1. The number of aromatic nitrogens is 2. The summed E-state index contributed by atoms with van der Waals surface area (Å²) in [6.07, 6.45) is 3.16. The highest BCUT2D eigenvalue weighted by Crippen LogP contribution is 2.20. The van der Waals surface area contributed by atoms with Gasteiger partial charge in [0.2, 0.25) is 0 Å². The van der Waals surface area contributed by atoms with E-state index in [2.05, 4.69) is 15.3 Å². The van der Waals surface area contributed by atoms with E-state index >= 15 is 0 Å². The van der Waals surface area contributed by atoms with E-state index in [0.717, 1.165) is 11.3 Å². The van der Waals surface area contributed by atoms with Gasteiger partial charge in [-0.1, -0.05) is 6.07 Å². The number of pyridine rings is 2. The average Bonchev–Trinajstić information content (AvgIpc) is 2.39. The Morgan fingerprint density at radius 3 is 2.79 bits per heavy atom. The molecule has 0 aromatic carbocycles. The van der Waals surface area contributed by atoms with Crippen LogP contribution in [0.1, 0.15) is 21.6 Å². The standard InChI is InChI=1S/C13H14N4O2/c1-8-2-3-9(6-16-8)7-17-12-11(14)10(13(18)19)4-5-15-12/h2-6H,7,14H2,1H3,(H,15,17)(H,18,19). The quantitative estimate of drug-likeness (QED) is 0.771. The van der Waals surface area contributed by atoms with E-state index in [9.17, 15) is 4.79 Å². The topological polar surface area (TPSA) is 101 Å². The molecule has 2 aromatic heterocycles. The van der Waals surface area contributed by atoms with Gasteiger partial charge in [-0.2, -0.15) is 0 Å². The first-order chi connectivity index (χ1) is 9.08. The SMILES string of the molecule is Cc1ccc(CNc2nccc(C(=O)O)c2N)cn1. The van der Waals surface area contributed by atoms with Crippen LogP contribution in [0.5, 0.6) is 0 Å². The van der Waals surface area contributed by atoms with Crippen molar-refractivity contribution in [2.24, 2.45) is 0 Å². The van der Waals surface area contributed by atoms with E-state index in [-0.39, 0.29) is 11.3 Å². The number of anilines is 2. The molecule has 0 saturated carbocycles. The van der Waals surface area contributed by atoms with Crippen molar-refractivity contribution in [1.29, 1.82) is 0 Å². The minimum atomic E-state index is -1.07. The van der Waals surface area contributed by atoms with Crippen LogP contribution >= 0.6 is 0 Å². The lowest BCUT2D eigenvalue weighted by Gasteiger charge is -2.09. The lowest BCUT2D eigenvalue weighted by Crippen LogP contribution is -2.09. The monoisotopic (exact) mass is 258 g/mol. The van der Waals surface area contributed by atoms with Gasteiger partial charge < -0.3 is 16.2 Å². The molecule has 6 nitrogen and oxygen atoms in total. The smallest absolute Gasteiger partial charge is 0.337 e. The molecule has 0 unspecified atom stereocenters. The van der Waals surface area contributed by atoms with Gasteiger partial charge in [-0.05, 0) is 24.6 Å². The van der Waals surface area contributed by atoms with E-state index in [4.69, 9.17) is 10.8 Å². The average molecular weight is 258 g/mol. The van der Waals surface area contributed by atoms with E-state index in [0.29, 0.717) is 12.4 Å². The third-order valence-corrected chi connectivity index (χ3v) is 2.65. The zero-order valence-corrected chi connectivity index (χ0v) is 10.4. The first-order valence-electron chi connectivity index (χ1n) is 5.71. The fraction of sp³-hybridized carbons (Fsp3) is 0.154. The first kappa shape index (κ1) is 12.8. The van der Waals surface area contributed by atoms with Gasteiger partial charge in [0.1, 0.15) is 5.82 Å². The van der Waals surface area contributed by atoms with Crippen LogP contribution in [-0.4, -0.2) is 21.0 Å². The number of carboxylic acid groups (broad SMARTS) is 1. The van der Waals surface area contributed by atoms with Gasteiger partial charge in [0.05, 0.1) is 11.3 Å². The van der Waals surface area contributed by atoms with Crippen LogP contribution in [-0.2, 0) is 6.54 Å². The second-order valence-corrected chi connectivity index (χ2v) is 4.09. The van der Waals surface area contributed by atoms with Crippen LogP contribution in [0, 0.1) is 6.92 Å². The fourth-order valence-corrected chi connectivity index (χ4v) is 1.59. The molecule has 0 saturated heterocycles. The van der Waals surface area contributed by atoms with Crippen molar-refractivity contribution in [3.63, 3.8) is 0 Å². The normalized spacial score (nSPS) is 10.2. The summed E-state index contributed by atoms with van der Waals surface area (Å²) in [5.74, 6) is -0.708. The number of nitrogen functional groups attached to an aromatic ring is 1. The van der Waals surface area contributed by atoms with Crippen LogP contribution in [0.2, 0.25) is 0 Å². The van der Waals surface area contributed by atoms with Gasteiger partial charge in [0.15, 0.2) is 0 Å². The van der Waals surface area contributed by atoms with Crippen molar-refractivity contribution in [3.8, 4) is 0 Å². The Kier molecular flexibility index (Phi) is 3.61. The number of aryl methyl sites for hydroxylation is 1. The molecule has 0 aliphatic heterocycles. The van der Waals surface area contributed by atoms with Crippen LogP contribution in [0.15, 0.2) is 30.6 Å². The van der Waals surface area contributed by atoms with Gasteiger partial charge in [-0.15, -0.1) is 0 Å². The summed E-state index contributed by atoms with van der Waals surface area (Å²) in [5.41, 5.74) is 7.83. The van der Waals surface area contributed by atoms with Crippen LogP contribution in [0.25, 0.3) is 0 Å². The second-order valence-electron chi connectivity index (χ2n) is 4.09. The van der Waals surface area contributed by atoms with Gasteiger partial charge in [0.25, 0.3) is 0 Å². The van der Waals surface area contributed by atoms with Gasteiger partial charge >= 0.3 is 5.97 Å². The summed E-state index contributed by atoms with van der Waals surface area (Å²) in [6, 6.07) is 5.21.